The van der Waals surface area contributed by atoms with Gasteiger partial charge in [-0.2, -0.15) is 0 Å². The van der Waals surface area contributed by atoms with Crippen molar-refractivity contribution in [3.8, 4) is 0 Å². The average Bonchev–Trinajstić information content (AvgIpc) is 1.78. The lowest BCUT2D eigenvalue weighted by Gasteiger charge is -2.21. The van der Waals surface area contributed by atoms with Crippen molar-refractivity contribution in [2.24, 2.45) is 0 Å². The van der Waals surface area contributed by atoms with E-state index in [1.165, 1.54) is 0 Å². The van der Waals surface area contributed by atoms with E-state index in [0.29, 0.717) is 0 Å². The minimum Gasteiger partial charge on any atom is -0.372 e. The van der Waals surface area contributed by atoms with Crippen molar-refractivity contribution in [2.75, 3.05) is 0 Å². The summed E-state index contributed by atoms with van der Waals surface area (Å²) < 4.78 is 1.00. The van der Waals surface area contributed by atoms with Crippen LogP contribution in [0, 0.1) is 0 Å². The summed E-state index contributed by atoms with van der Waals surface area (Å²) in [6, 6.07) is 0. The first-order chi connectivity index (χ1) is 4.10. The molecule has 0 amide bonds. The molecule has 0 saturated carbocycles. The lowest BCUT2D eigenvalue weighted by molar-refractivity contribution is 0.713. The molecule has 0 spiro atoms. The number of halogens is 2. The van der Waals surface area contributed by atoms with Gasteiger partial charge in [-0.3, -0.25) is 0 Å². The molecule has 0 aliphatic carbocycles. The highest BCUT2D eigenvalue weighted by molar-refractivity contribution is 9.12. The summed E-state index contributed by atoms with van der Waals surface area (Å²) in [6.07, 6.45) is 5.96. The molecule has 0 fully saturated rings. The van der Waals surface area contributed by atoms with Crippen molar-refractivity contribution in [1.82, 2.24) is 5.32 Å². The van der Waals surface area contributed by atoms with E-state index in [-0.39, 0.29) is 4.45 Å². The highest BCUT2D eigenvalue weighted by atomic mass is 79.9. The van der Waals surface area contributed by atoms with Gasteiger partial charge in [-0.05, 0) is 35.0 Å². The van der Waals surface area contributed by atoms with Gasteiger partial charge in [0.1, 0.15) is 4.45 Å². The summed E-state index contributed by atoms with van der Waals surface area (Å²) in [7, 11) is 0. The molecule has 1 aliphatic heterocycles. The Bertz CT molecular complexity index is 170. The third-order valence-electron chi connectivity index (χ3n) is 1.05. The highest BCUT2D eigenvalue weighted by Gasteiger charge is 2.15. The van der Waals surface area contributed by atoms with Gasteiger partial charge in [0.2, 0.25) is 0 Å². The second kappa shape index (κ2) is 2.46. The van der Waals surface area contributed by atoms with Gasteiger partial charge in [-0.15, -0.1) is 0 Å². The van der Waals surface area contributed by atoms with E-state index >= 15 is 0 Å². The zero-order valence-corrected chi connectivity index (χ0v) is 8.16. The number of rotatable bonds is 0. The van der Waals surface area contributed by atoms with Crippen LogP contribution in [-0.2, 0) is 0 Å². The summed E-state index contributed by atoms with van der Waals surface area (Å²) in [5.41, 5.74) is 0. The van der Waals surface area contributed by atoms with Crippen molar-refractivity contribution in [1.29, 1.82) is 0 Å². The summed E-state index contributed by atoms with van der Waals surface area (Å²) in [6.45, 7) is 2.04. The third kappa shape index (κ3) is 2.14. The molecule has 9 heavy (non-hydrogen) atoms. The molecule has 1 heterocycles. The molecule has 1 nitrogen and oxygen atoms in total. The molecule has 1 rings (SSSR count). The highest BCUT2D eigenvalue weighted by Crippen LogP contribution is 2.21. The normalized spacial score (nSPS) is 33.4. The Hall–Kier alpha value is 0.240. The zero-order chi connectivity index (χ0) is 6.91. The van der Waals surface area contributed by atoms with Crippen LogP contribution in [0.25, 0.3) is 0 Å². The van der Waals surface area contributed by atoms with E-state index < -0.39 is 0 Å². The van der Waals surface area contributed by atoms with Gasteiger partial charge < -0.3 is 5.32 Å². The number of hydrogen-bond acceptors (Lipinski definition) is 1. The SMILES string of the molecule is CC1(Br)C=CC(Br)=CN1. The molecule has 1 aliphatic rings. The molecule has 1 unspecified atom stereocenters. The molecule has 3 heteroatoms. The monoisotopic (exact) mass is 251 g/mol. The zero-order valence-electron chi connectivity index (χ0n) is 4.99. The fourth-order valence-electron chi connectivity index (χ4n) is 0.542. The third-order valence-corrected chi connectivity index (χ3v) is 2.03. The van der Waals surface area contributed by atoms with Crippen molar-refractivity contribution < 1.29 is 0 Å². The summed E-state index contributed by atoms with van der Waals surface area (Å²) in [4.78, 5) is 0. The van der Waals surface area contributed by atoms with Crippen molar-refractivity contribution >= 4 is 31.9 Å². The average molecular weight is 253 g/mol. The van der Waals surface area contributed by atoms with Crippen LogP contribution in [0.5, 0.6) is 0 Å². The lowest BCUT2D eigenvalue weighted by Crippen LogP contribution is -2.31. The fraction of sp³-hybridized carbons (Fsp3) is 0.333. The van der Waals surface area contributed by atoms with E-state index in [1.54, 1.807) is 0 Å². The summed E-state index contributed by atoms with van der Waals surface area (Å²) >= 11 is 6.79. The first-order valence-electron chi connectivity index (χ1n) is 2.62. The molecule has 1 atom stereocenters. The van der Waals surface area contributed by atoms with Crippen LogP contribution in [0.4, 0.5) is 0 Å². The second-order valence-electron chi connectivity index (χ2n) is 2.08. The van der Waals surface area contributed by atoms with Gasteiger partial charge in [-0.1, -0.05) is 15.9 Å². The number of dihydropyridines is 1. The number of hydrogen-bond donors (Lipinski definition) is 1. The standard InChI is InChI=1S/C6H7Br2N/c1-6(8)3-2-5(7)4-9-6/h2-4,9H,1H3. The van der Waals surface area contributed by atoms with Crippen LogP contribution < -0.4 is 5.32 Å². The summed E-state index contributed by atoms with van der Waals surface area (Å²) in [5, 5.41) is 3.13. The number of nitrogens with one attached hydrogen (secondary N) is 1. The quantitative estimate of drug-likeness (QED) is 0.516. The van der Waals surface area contributed by atoms with Crippen molar-refractivity contribution in [2.45, 2.75) is 11.4 Å². The molecule has 0 bridgehead atoms. The minimum absolute atomic E-state index is 0.0652. The number of allylic oxidation sites excluding steroid dienone is 2. The van der Waals surface area contributed by atoms with Crippen molar-refractivity contribution in [3.63, 3.8) is 0 Å². The molecule has 0 aromatic heterocycles. The van der Waals surface area contributed by atoms with Crippen molar-refractivity contribution in [3.05, 3.63) is 22.8 Å². The summed E-state index contributed by atoms with van der Waals surface area (Å²) in [5.74, 6) is 0. The predicted molar refractivity (Wildman–Crippen MR) is 46.6 cm³/mol. The fourth-order valence-corrected chi connectivity index (χ4v) is 1.04. The first-order valence-corrected chi connectivity index (χ1v) is 4.20. The minimum atomic E-state index is -0.0652. The Kier molecular flexibility index (Phi) is 2.01. The smallest absolute Gasteiger partial charge is 0.109 e. The maximum Gasteiger partial charge on any atom is 0.109 e. The van der Waals surface area contributed by atoms with Crippen LogP contribution in [0.3, 0.4) is 0 Å². The second-order valence-corrected chi connectivity index (χ2v) is 4.65. The maximum atomic E-state index is 3.46. The molecule has 0 saturated heterocycles. The van der Waals surface area contributed by atoms with Gasteiger partial charge in [0, 0.05) is 10.7 Å². The van der Waals surface area contributed by atoms with E-state index in [4.69, 9.17) is 0 Å². The molecule has 0 aromatic carbocycles. The Labute approximate surface area is 71.5 Å². The van der Waals surface area contributed by atoms with Gasteiger partial charge in [-0.25, -0.2) is 0 Å². The molecule has 0 aromatic rings. The van der Waals surface area contributed by atoms with E-state index in [2.05, 4.69) is 37.2 Å². The molecule has 0 radical (unpaired) electrons. The molecular weight excluding hydrogens is 246 g/mol. The lowest BCUT2D eigenvalue weighted by atomic mass is 10.2. The van der Waals surface area contributed by atoms with Gasteiger partial charge in [0.05, 0.1) is 0 Å². The maximum absolute atomic E-state index is 3.46. The van der Waals surface area contributed by atoms with Gasteiger partial charge >= 0.3 is 0 Å². The molecular formula is C6H7Br2N. The van der Waals surface area contributed by atoms with Crippen LogP contribution in [0.1, 0.15) is 6.92 Å². The van der Waals surface area contributed by atoms with E-state index in [1.807, 2.05) is 25.3 Å². The van der Waals surface area contributed by atoms with Gasteiger partial charge in [0.25, 0.3) is 0 Å². The molecule has 50 valence electrons. The van der Waals surface area contributed by atoms with Crippen LogP contribution in [0.2, 0.25) is 0 Å². The Morgan fingerprint density at radius 1 is 1.67 bits per heavy atom. The predicted octanol–water partition coefficient (Wildman–Crippen LogP) is 2.49. The first kappa shape index (κ1) is 7.35. The Balaban J connectivity index is 2.70. The van der Waals surface area contributed by atoms with Crippen LogP contribution >= 0.6 is 31.9 Å². The Morgan fingerprint density at radius 3 is 2.67 bits per heavy atom. The van der Waals surface area contributed by atoms with E-state index in [0.717, 1.165) is 4.48 Å². The number of alkyl halides is 1. The Morgan fingerprint density at radius 2 is 2.33 bits per heavy atom. The largest absolute Gasteiger partial charge is 0.372 e. The van der Waals surface area contributed by atoms with Crippen LogP contribution in [-0.4, -0.2) is 4.45 Å². The van der Waals surface area contributed by atoms with Crippen LogP contribution in [0.15, 0.2) is 22.8 Å². The molecule has 1 N–H and O–H groups in total. The topological polar surface area (TPSA) is 12.0 Å². The van der Waals surface area contributed by atoms with Gasteiger partial charge in [0.15, 0.2) is 0 Å². The van der Waals surface area contributed by atoms with E-state index in [9.17, 15) is 0 Å².